The van der Waals surface area contributed by atoms with Gasteiger partial charge in [-0.3, -0.25) is 19.3 Å². The van der Waals surface area contributed by atoms with Crippen LogP contribution in [0.1, 0.15) is 24.1 Å². The van der Waals surface area contributed by atoms with E-state index in [0.29, 0.717) is 34.0 Å². The summed E-state index contributed by atoms with van der Waals surface area (Å²) in [4.78, 5) is 39.3. The van der Waals surface area contributed by atoms with Crippen LogP contribution in [-0.4, -0.2) is 36.9 Å². The summed E-state index contributed by atoms with van der Waals surface area (Å²) in [6, 6.07) is 19.2. The number of hydrogen-bond donors (Lipinski definition) is 2. The van der Waals surface area contributed by atoms with Crippen molar-refractivity contribution in [1.82, 2.24) is 0 Å². The van der Waals surface area contributed by atoms with Gasteiger partial charge in [0.05, 0.1) is 25.8 Å². The lowest BCUT2D eigenvalue weighted by Gasteiger charge is -2.27. The van der Waals surface area contributed by atoms with Gasteiger partial charge in [-0.2, -0.15) is 0 Å². The molecular formula is C27H24N2O6. The third kappa shape index (κ3) is 4.46. The van der Waals surface area contributed by atoms with E-state index < -0.39 is 17.7 Å². The van der Waals surface area contributed by atoms with Crippen LogP contribution >= 0.6 is 0 Å². The Hall–Kier alpha value is -4.59. The highest BCUT2D eigenvalue weighted by molar-refractivity contribution is 6.51. The lowest BCUT2D eigenvalue weighted by Crippen LogP contribution is -2.29. The molecule has 0 radical (unpaired) electrons. The van der Waals surface area contributed by atoms with Crippen molar-refractivity contribution >= 4 is 34.7 Å². The molecule has 4 rings (SSSR count). The van der Waals surface area contributed by atoms with Gasteiger partial charge in [-0.05, 0) is 36.4 Å². The SMILES string of the molecule is COc1ccc(C2/C(=C(\O)c3ccccc3)C(=O)C(=O)N2c2ccc(NC(C)=O)cc2)c(OC)c1. The number of nitrogens with zero attached hydrogens (tertiary/aromatic N) is 1. The van der Waals surface area contributed by atoms with E-state index in [1.165, 1.54) is 26.0 Å². The first kappa shape index (κ1) is 23.6. The van der Waals surface area contributed by atoms with Crippen LogP contribution in [0.15, 0.2) is 78.4 Å². The summed E-state index contributed by atoms with van der Waals surface area (Å²) in [7, 11) is 3.00. The van der Waals surface area contributed by atoms with Crippen molar-refractivity contribution in [2.24, 2.45) is 0 Å². The molecule has 0 spiro atoms. The molecule has 1 aliphatic heterocycles. The van der Waals surface area contributed by atoms with E-state index in [0.717, 1.165) is 0 Å². The van der Waals surface area contributed by atoms with Crippen LogP contribution in [0.3, 0.4) is 0 Å². The molecule has 2 amide bonds. The Bertz CT molecular complexity index is 1320. The minimum atomic E-state index is -0.970. The standard InChI is InChI=1S/C27H24N2O6/c1-16(30)28-18-9-11-19(12-10-18)29-24(21-14-13-20(34-2)15-22(21)35-3)23(26(32)27(29)33)25(31)17-7-5-4-6-8-17/h4-15,24,31H,1-3H3,(H,28,30)/b25-23+. The van der Waals surface area contributed by atoms with E-state index in [2.05, 4.69) is 5.32 Å². The minimum Gasteiger partial charge on any atom is -0.507 e. The number of amides is 2. The molecule has 3 aromatic carbocycles. The highest BCUT2D eigenvalue weighted by Crippen LogP contribution is 2.45. The van der Waals surface area contributed by atoms with Gasteiger partial charge in [0, 0.05) is 35.5 Å². The fraction of sp³-hybridized carbons (Fsp3) is 0.148. The van der Waals surface area contributed by atoms with Crippen LogP contribution in [0, 0.1) is 0 Å². The van der Waals surface area contributed by atoms with Crippen molar-refractivity contribution in [3.05, 3.63) is 89.5 Å². The van der Waals surface area contributed by atoms with Crippen molar-refractivity contribution in [2.75, 3.05) is 24.4 Å². The van der Waals surface area contributed by atoms with Gasteiger partial charge in [0.25, 0.3) is 11.7 Å². The monoisotopic (exact) mass is 472 g/mol. The number of methoxy groups -OCH3 is 2. The summed E-state index contributed by atoms with van der Waals surface area (Å²) in [6.07, 6.45) is 0. The Labute approximate surface area is 202 Å². The van der Waals surface area contributed by atoms with E-state index in [9.17, 15) is 19.5 Å². The predicted molar refractivity (Wildman–Crippen MR) is 132 cm³/mol. The van der Waals surface area contributed by atoms with Crippen molar-refractivity contribution in [3.8, 4) is 11.5 Å². The van der Waals surface area contributed by atoms with Gasteiger partial charge in [0.2, 0.25) is 5.91 Å². The van der Waals surface area contributed by atoms with Crippen molar-refractivity contribution in [3.63, 3.8) is 0 Å². The summed E-state index contributed by atoms with van der Waals surface area (Å²) < 4.78 is 10.9. The van der Waals surface area contributed by atoms with Crippen molar-refractivity contribution in [1.29, 1.82) is 0 Å². The zero-order chi connectivity index (χ0) is 25.1. The summed E-state index contributed by atoms with van der Waals surface area (Å²) in [5.41, 5.74) is 1.80. The smallest absolute Gasteiger partial charge is 0.300 e. The highest BCUT2D eigenvalue weighted by Gasteiger charge is 2.48. The molecule has 0 saturated carbocycles. The number of ether oxygens (including phenoxy) is 2. The van der Waals surface area contributed by atoms with Gasteiger partial charge < -0.3 is 19.9 Å². The molecule has 1 saturated heterocycles. The Balaban J connectivity index is 1.93. The van der Waals surface area contributed by atoms with Gasteiger partial charge in [-0.1, -0.05) is 30.3 Å². The number of carbonyl (C=O) groups excluding carboxylic acids is 3. The zero-order valence-corrected chi connectivity index (χ0v) is 19.4. The van der Waals surface area contributed by atoms with Crippen LogP contribution in [0.5, 0.6) is 11.5 Å². The topological polar surface area (TPSA) is 105 Å². The molecule has 1 atom stereocenters. The summed E-state index contributed by atoms with van der Waals surface area (Å²) in [6.45, 7) is 1.39. The first-order chi connectivity index (χ1) is 16.8. The van der Waals surface area contributed by atoms with Gasteiger partial charge in [-0.15, -0.1) is 0 Å². The van der Waals surface area contributed by atoms with E-state index >= 15 is 0 Å². The number of nitrogens with one attached hydrogen (secondary N) is 1. The van der Waals surface area contributed by atoms with Crippen molar-refractivity contribution in [2.45, 2.75) is 13.0 Å². The molecule has 1 fully saturated rings. The quantitative estimate of drug-likeness (QED) is 0.315. The Kier molecular flexibility index (Phi) is 6.55. The van der Waals surface area contributed by atoms with Crippen LogP contribution < -0.4 is 19.7 Å². The van der Waals surface area contributed by atoms with Crippen LogP contribution in [0.25, 0.3) is 5.76 Å². The second kappa shape index (κ2) is 9.72. The van der Waals surface area contributed by atoms with Crippen molar-refractivity contribution < 1.29 is 29.0 Å². The van der Waals surface area contributed by atoms with Gasteiger partial charge in [0.15, 0.2) is 0 Å². The third-order valence-corrected chi connectivity index (χ3v) is 5.69. The van der Waals surface area contributed by atoms with Crippen LogP contribution in [0.4, 0.5) is 11.4 Å². The maximum Gasteiger partial charge on any atom is 0.300 e. The molecule has 0 aliphatic carbocycles. The highest BCUT2D eigenvalue weighted by atomic mass is 16.5. The van der Waals surface area contributed by atoms with Gasteiger partial charge in [0.1, 0.15) is 17.3 Å². The molecule has 8 heteroatoms. The number of carbonyl (C=O) groups is 3. The second-order valence-electron chi connectivity index (χ2n) is 7.87. The largest absolute Gasteiger partial charge is 0.507 e. The maximum atomic E-state index is 13.3. The fourth-order valence-corrected chi connectivity index (χ4v) is 4.10. The number of ketones is 1. The molecule has 1 heterocycles. The number of Topliss-reactive ketones (excluding diaryl/α,β-unsaturated/α-hetero) is 1. The fourth-order valence-electron chi connectivity index (χ4n) is 4.10. The molecule has 1 aliphatic rings. The zero-order valence-electron chi connectivity index (χ0n) is 19.4. The van der Waals surface area contributed by atoms with Crippen LogP contribution in [0.2, 0.25) is 0 Å². The number of benzene rings is 3. The number of aliphatic hydroxyl groups excluding tert-OH is 1. The van der Waals surface area contributed by atoms with E-state index in [4.69, 9.17) is 9.47 Å². The molecule has 35 heavy (non-hydrogen) atoms. The lowest BCUT2D eigenvalue weighted by molar-refractivity contribution is -0.132. The minimum absolute atomic E-state index is 0.0596. The van der Waals surface area contributed by atoms with E-state index in [-0.39, 0.29) is 17.2 Å². The number of rotatable bonds is 6. The number of aliphatic hydroxyl groups is 1. The molecule has 1 unspecified atom stereocenters. The first-order valence-electron chi connectivity index (χ1n) is 10.8. The molecule has 178 valence electrons. The van der Waals surface area contributed by atoms with E-state index in [1.807, 2.05) is 0 Å². The molecule has 3 aromatic rings. The molecule has 2 N–H and O–H groups in total. The predicted octanol–water partition coefficient (Wildman–Crippen LogP) is 4.29. The van der Waals surface area contributed by atoms with Gasteiger partial charge in [-0.25, -0.2) is 0 Å². The summed E-state index contributed by atoms with van der Waals surface area (Å²) in [5, 5.41) is 13.9. The van der Waals surface area contributed by atoms with Crippen LogP contribution in [-0.2, 0) is 14.4 Å². The van der Waals surface area contributed by atoms with Gasteiger partial charge >= 0.3 is 0 Å². The maximum absolute atomic E-state index is 13.3. The molecule has 8 nitrogen and oxygen atoms in total. The normalized spacial score (nSPS) is 16.8. The summed E-state index contributed by atoms with van der Waals surface area (Å²) >= 11 is 0. The Morgan fingerprint density at radius 2 is 1.63 bits per heavy atom. The molecular weight excluding hydrogens is 448 g/mol. The molecule has 0 bridgehead atoms. The number of hydrogen-bond acceptors (Lipinski definition) is 6. The average Bonchev–Trinajstić information content (AvgIpc) is 3.13. The average molecular weight is 472 g/mol. The number of anilines is 2. The third-order valence-electron chi connectivity index (χ3n) is 5.69. The Morgan fingerprint density at radius 3 is 2.23 bits per heavy atom. The first-order valence-corrected chi connectivity index (χ1v) is 10.8. The lowest BCUT2D eigenvalue weighted by atomic mass is 9.94. The summed E-state index contributed by atoms with van der Waals surface area (Å²) in [5.74, 6) is -1.22. The Morgan fingerprint density at radius 1 is 0.943 bits per heavy atom. The molecule has 0 aromatic heterocycles. The second-order valence-corrected chi connectivity index (χ2v) is 7.87. The van der Waals surface area contributed by atoms with E-state index in [1.54, 1.807) is 72.8 Å².